The van der Waals surface area contributed by atoms with Crippen molar-refractivity contribution in [3.8, 4) is 0 Å². The van der Waals surface area contributed by atoms with Gasteiger partial charge in [-0.25, -0.2) is 28.1 Å². The predicted octanol–water partition coefficient (Wildman–Crippen LogP) is 0.993. The van der Waals surface area contributed by atoms with Gasteiger partial charge in [-0.05, 0) is 24.6 Å². The molecule has 1 aliphatic heterocycles. The lowest BCUT2D eigenvalue weighted by Crippen LogP contribution is -2.35. The highest BCUT2D eigenvalue weighted by Gasteiger charge is 2.28. The van der Waals surface area contributed by atoms with E-state index in [1.165, 1.54) is 13.3 Å². The second kappa shape index (κ2) is 8.54. The van der Waals surface area contributed by atoms with Crippen molar-refractivity contribution in [2.75, 3.05) is 50.2 Å². The second-order valence-electron chi connectivity index (χ2n) is 7.18. The smallest absolute Gasteiger partial charge is 0.242 e. The van der Waals surface area contributed by atoms with Crippen molar-refractivity contribution in [1.82, 2.24) is 24.7 Å². The summed E-state index contributed by atoms with van der Waals surface area (Å²) >= 11 is 0. The Labute approximate surface area is 175 Å². The fourth-order valence-electron chi connectivity index (χ4n) is 3.65. The maximum Gasteiger partial charge on any atom is 0.242 e. The van der Waals surface area contributed by atoms with E-state index in [0.717, 1.165) is 42.2 Å². The van der Waals surface area contributed by atoms with Crippen LogP contribution >= 0.6 is 0 Å². The molecule has 1 fully saturated rings. The van der Waals surface area contributed by atoms with Gasteiger partial charge in [-0.1, -0.05) is 0 Å². The van der Waals surface area contributed by atoms with Gasteiger partial charge in [0.05, 0.1) is 12.0 Å². The van der Waals surface area contributed by atoms with Crippen LogP contribution in [0, 0.1) is 0 Å². The molecule has 0 aromatic carbocycles. The van der Waals surface area contributed by atoms with Gasteiger partial charge in [-0.15, -0.1) is 0 Å². The third-order valence-electron chi connectivity index (χ3n) is 5.33. The number of rotatable bonds is 8. The zero-order chi connectivity index (χ0) is 21.1. The lowest BCUT2D eigenvalue weighted by atomic mass is 10.2. The molecule has 1 saturated heterocycles. The van der Waals surface area contributed by atoms with Crippen LogP contribution in [0.25, 0.3) is 11.0 Å². The number of H-pyrrole nitrogens is 1. The fourth-order valence-corrected chi connectivity index (χ4v) is 4.61. The number of anilines is 2. The Morgan fingerprint density at radius 2 is 2.17 bits per heavy atom. The monoisotopic (exact) mass is 431 g/mol. The van der Waals surface area contributed by atoms with Crippen LogP contribution in [-0.2, 0) is 14.8 Å². The van der Waals surface area contributed by atoms with E-state index in [0.29, 0.717) is 6.61 Å². The molecule has 30 heavy (non-hydrogen) atoms. The Balaban J connectivity index is 1.44. The van der Waals surface area contributed by atoms with Gasteiger partial charge in [-0.3, -0.25) is 0 Å². The van der Waals surface area contributed by atoms with E-state index < -0.39 is 10.0 Å². The summed E-state index contributed by atoms with van der Waals surface area (Å²) in [6.07, 6.45) is 5.78. The van der Waals surface area contributed by atoms with Crippen molar-refractivity contribution in [2.45, 2.75) is 17.4 Å². The summed E-state index contributed by atoms with van der Waals surface area (Å²) in [5, 5.41) is 1.01. The first-order chi connectivity index (χ1) is 14.5. The molecule has 0 spiro atoms. The molecule has 0 aliphatic carbocycles. The minimum Gasteiger partial charge on any atom is -0.383 e. The molecule has 3 aromatic rings. The Bertz CT molecular complexity index is 1100. The molecule has 10 nitrogen and oxygen atoms in total. The zero-order valence-electron chi connectivity index (χ0n) is 16.9. The SMILES string of the molecule is COCCNS(=O)(=O)c1ccc(N(C)[C@@H]2CCN(c3ncnc4[nH]ccc34)C2)nc1. The van der Waals surface area contributed by atoms with E-state index in [1.807, 2.05) is 19.3 Å². The Hall–Kier alpha value is -2.76. The number of hydrogen-bond acceptors (Lipinski definition) is 8. The summed E-state index contributed by atoms with van der Waals surface area (Å²) in [5.41, 5.74) is 0.828. The highest BCUT2D eigenvalue weighted by atomic mass is 32.2. The third-order valence-corrected chi connectivity index (χ3v) is 6.78. The van der Waals surface area contributed by atoms with Gasteiger partial charge in [0.1, 0.15) is 28.5 Å². The number of aromatic nitrogens is 4. The van der Waals surface area contributed by atoms with Crippen LogP contribution in [0.5, 0.6) is 0 Å². The molecule has 0 bridgehead atoms. The van der Waals surface area contributed by atoms with Crippen LogP contribution in [-0.4, -0.2) is 74.8 Å². The fraction of sp³-hybridized carbons (Fsp3) is 0.421. The van der Waals surface area contributed by atoms with Gasteiger partial charge in [0.25, 0.3) is 0 Å². The first kappa shape index (κ1) is 20.5. The van der Waals surface area contributed by atoms with Crippen molar-refractivity contribution < 1.29 is 13.2 Å². The normalized spacial score (nSPS) is 17.0. The number of aromatic amines is 1. The van der Waals surface area contributed by atoms with E-state index in [9.17, 15) is 8.42 Å². The van der Waals surface area contributed by atoms with E-state index in [4.69, 9.17) is 4.74 Å². The van der Waals surface area contributed by atoms with Gasteiger partial charge < -0.3 is 19.5 Å². The average Bonchev–Trinajstić information content (AvgIpc) is 3.43. The van der Waals surface area contributed by atoms with E-state index in [2.05, 4.69) is 34.5 Å². The second-order valence-corrected chi connectivity index (χ2v) is 8.95. The molecule has 4 rings (SSSR count). The summed E-state index contributed by atoms with van der Waals surface area (Å²) in [6.45, 7) is 2.21. The van der Waals surface area contributed by atoms with E-state index >= 15 is 0 Å². The molecular weight excluding hydrogens is 406 g/mol. The molecule has 160 valence electrons. The first-order valence-corrected chi connectivity index (χ1v) is 11.2. The molecule has 2 N–H and O–H groups in total. The summed E-state index contributed by atoms with van der Waals surface area (Å²) in [6, 6.07) is 5.55. The number of ether oxygens (including phenoxy) is 1. The molecule has 1 aliphatic rings. The van der Waals surface area contributed by atoms with Crippen molar-refractivity contribution in [1.29, 1.82) is 0 Å². The number of nitrogens with zero attached hydrogens (tertiary/aromatic N) is 5. The summed E-state index contributed by atoms with van der Waals surface area (Å²) in [4.78, 5) is 20.7. The Morgan fingerprint density at radius 3 is 2.93 bits per heavy atom. The van der Waals surface area contributed by atoms with Gasteiger partial charge in [0.2, 0.25) is 10.0 Å². The van der Waals surface area contributed by atoms with Gasteiger partial charge >= 0.3 is 0 Å². The molecule has 1 atom stereocenters. The zero-order valence-corrected chi connectivity index (χ0v) is 17.8. The van der Waals surface area contributed by atoms with Crippen LogP contribution in [0.4, 0.5) is 11.6 Å². The van der Waals surface area contributed by atoms with Crippen LogP contribution < -0.4 is 14.5 Å². The predicted molar refractivity (Wildman–Crippen MR) is 114 cm³/mol. The minimum atomic E-state index is -3.59. The lowest BCUT2D eigenvalue weighted by molar-refractivity contribution is 0.204. The molecule has 0 unspecified atom stereocenters. The molecule has 11 heteroatoms. The van der Waals surface area contributed by atoms with Crippen molar-refractivity contribution in [2.24, 2.45) is 0 Å². The topological polar surface area (TPSA) is 116 Å². The van der Waals surface area contributed by atoms with Crippen molar-refractivity contribution >= 4 is 32.7 Å². The van der Waals surface area contributed by atoms with Crippen molar-refractivity contribution in [3.05, 3.63) is 36.9 Å². The lowest BCUT2D eigenvalue weighted by Gasteiger charge is -2.26. The van der Waals surface area contributed by atoms with Gasteiger partial charge in [-0.2, -0.15) is 0 Å². The number of methoxy groups -OCH3 is 1. The first-order valence-electron chi connectivity index (χ1n) is 9.70. The molecular formula is C19H25N7O3S. The number of nitrogens with one attached hydrogen (secondary N) is 2. The molecule has 0 radical (unpaired) electrons. The third kappa shape index (κ3) is 4.09. The highest BCUT2D eigenvalue weighted by Crippen LogP contribution is 2.28. The van der Waals surface area contributed by atoms with E-state index in [1.54, 1.807) is 18.5 Å². The largest absolute Gasteiger partial charge is 0.383 e. The number of hydrogen-bond donors (Lipinski definition) is 2. The number of sulfonamides is 1. The summed E-state index contributed by atoms with van der Waals surface area (Å²) in [7, 11) is -0.0868. The van der Waals surface area contributed by atoms with E-state index in [-0.39, 0.29) is 17.5 Å². The molecule has 4 heterocycles. The maximum atomic E-state index is 12.3. The number of fused-ring (bicyclic) bond motifs is 1. The minimum absolute atomic E-state index is 0.139. The van der Waals surface area contributed by atoms with Gasteiger partial charge in [0, 0.05) is 52.2 Å². The standard InChI is InChI=1S/C19H25N7O3S/c1-25(17-4-3-15(11-21-17)30(27,28)24-8-10-29-2)14-6-9-26(12-14)19-16-5-7-20-18(16)22-13-23-19/h3-5,7,11,13-14,24H,6,8-10,12H2,1-2H3,(H,20,22,23)/t14-/m1/s1. The van der Waals surface area contributed by atoms with Crippen LogP contribution in [0.1, 0.15) is 6.42 Å². The van der Waals surface area contributed by atoms with Crippen LogP contribution in [0.15, 0.2) is 41.8 Å². The molecule has 0 saturated carbocycles. The number of likely N-dealkylation sites (N-methyl/N-ethyl adjacent to an activating group) is 1. The van der Waals surface area contributed by atoms with Crippen LogP contribution in [0.3, 0.4) is 0 Å². The highest BCUT2D eigenvalue weighted by molar-refractivity contribution is 7.89. The molecule has 3 aromatic heterocycles. The summed E-state index contributed by atoms with van der Waals surface area (Å²) in [5.74, 6) is 1.65. The molecule has 0 amide bonds. The maximum absolute atomic E-state index is 12.3. The quantitative estimate of drug-likeness (QED) is 0.507. The van der Waals surface area contributed by atoms with Gasteiger partial charge in [0.15, 0.2) is 0 Å². The average molecular weight is 432 g/mol. The number of pyridine rings is 1. The Kier molecular flexibility index (Phi) is 5.84. The summed E-state index contributed by atoms with van der Waals surface area (Å²) < 4.78 is 31.9. The van der Waals surface area contributed by atoms with Crippen molar-refractivity contribution in [3.63, 3.8) is 0 Å². The van der Waals surface area contributed by atoms with Crippen LogP contribution in [0.2, 0.25) is 0 Å². The Morgan fingerprint density at radius 1 is 1.30 bits per heavy atom.